The molecular weight excluding hydrogens is 253 g/mol. The van der Waals surface area contributed by atoms with Crippen molar-refractivity contribution in [3.63, 3.8) is 0 Å². The summed E-state index contributed by atoms with van der Waals surface area (Å²) in [5.41, 5.74) is 0. The average molecular weight is 266 g/mol. The minimum atomic E-state index is 0.00231. The number of ether oxygens (including phenoxy) is 2. The fourth-order valence-electron chi connectivity index (χ4n) is 0.888. The Kier molecular flexibility index (Phi) is 5.73. The fourth-order valence-corrected chi connectivity index (χ4v) is 1.14. The molecule has 0 amide bonds. The van der Waals surface area contributed by atoms with Crippen LogP contribution in [0.5, 0.6) is 5.88 Å². The highest BCUT2D eigenvalue weighted by molar-refractivity contribution is 6.31. The SMILES string of the molecule is CC(C)COCCOc1nc(Cl)nnc1Cl. The van der Waals surface area contributed by atoms with E-state index in [0.717, 1.165) is 0 Å². The molecule has 16 heavy (non-hydrogen) atoms. The summed E-state index contributed by atoms with van der Waals surface area (Å²) in [5, 5.41) is 7.12. The molecule has 0 aliphatic heterocycles. The van der Waals surface area contributed by atoms with E-state index in [1.165, 1.54) is 0 Å². The Bertz CT molecular complexity index is 337. The van der Waals surface area contributed by atoms with Crippen molar-refractivity contribution in [3.05, 3.63) is 10.4 Å². The molecule has 0 unspecified atom stereocenters. The second-order valence-electron chi connectivity index (χ2n) is 3.49. The molecule has 0 aromatic carbocycles. The highest BCUT2D eigenvalue weighted by Crippen LogP contribution is 2.18. The molecule has 0 fully saturated rings. The zero-order valence-electron chi connectivity index (χ0n) is 9.11. The third kappa shape index (κ3) is 4.92. The molecule has 0 saturated heterocycles. The van der Waals surface area contributed by atoms with Gasteiger partial charge in [-0.2, -0.15) is 4.98 Å². The molecule has 1 rings (SSSR count). The maximum atomic E-state index is 5.70. The van der Waals surface area contributed by atoms with Crippen molar-refractivity contribution in [2.45, 2.75) is 13.8 Å². The van der Waals surface area contributed by atoms with E-state index in [4.69, 9.17) is 32.7 Å². The number of hydrogen-bond donors (Lipinski definition) is 0. The zero-order valence-corrected chi connectivity index (χ0v) is 10.6. The minimum Gasteiger partial charge on any atom is -0.473 e. The van der Waals surface area contributed by atoms with E-state index in [1.54, 1.807) is 0 Å². The predicted octanol–water partition coefficient (Wildman–Crippen LogP) is 2.23. The molecule has 0 aliphatic carbocycles. The maximum absolute atomic E-state index is 5.70. The van der Waals surface area contributed by atoms with Crippen LogP contribution in [0, 0.1) is 5.92 Å². The molecule has 0 atom stereocenters. The smallest absolute Gasteiger partial charge is 0.257 e. The van der Waals surface area contributed by atoms with Gasteiger partial charge >= 0.3 is 0 Å². The van der Waals surface area contributed by atoms with Gasteiger partial charge in [-0.3, -0.25) is 0 Å². The third-order valence-electron chi connectivity index (χ3n) is 1.51. The van der Waals surface area contributed by atoms with E-state index in [2.05, 4.69) is 29.0 Å². The van der Waals surface area contributed by atoms with E-state index in [0.29, 0.717) is 25.7 Å². The predicted molar refractivity (Wildman–Crippen MR) is 61.0 cm³/mol. The Hall–Kier alpha value is -0.650. The Morgan fingerprint density at radius 1 is 1.19 bits per heavy atom. The van der Waals surface area contributed by atoms with E-state index >= 15 is 0 Å². The van der Waals surface area contributed by atoms with Gasteiger partial charge < -0.3 is 9.47 Å². The van der Waals surface area contributed by atoms with Gasteiger partial charge in [-0.1, -0.05) is 25.4 Å². The molecule has 1 aromatic heterocycles. The Morgan fingerprint density at radius 3 is 2.62 bits per heavy atom. The van der Waals surface area contributed by atoms with Gasteiger partial charge in [0.15, 0.2) is 0 Å². The van der Waals surface area contributed by atoms with Crippen LogP contribution in [0.15, 0.2) is 0 Å². The lowest BCUT2D eigenvalue weighted by Gasteiger charge is -2.08. The summed E-state index contributed by atoms with van der Waals surface area (Å²) >= 11 is 11.2. The van der Waals surface area contributed by atoms with Crippen LogP contribution in [0.2, 0.25) is 10.4 Å². The summed E-state index contributed by atoms with van der Waals surface area (Å²) in [4.78, 5) is 3.79. The molecular formula is C9H13Cl2N3O2. The van der Waals surface area contributed by atoms with Gasteiger partial charge in [-0.25, -0.2) is 0 Å². The van der Waals surface area contributed by atoms with Crippen LogP contribution in [0.1, 0.15) is 13.8 Å². The molecule has 0 saturated carbocycles. The van der Waals surface area contributed by atoms with Crippen molar-refractivity contribution in [2.24, 2.45) is 5.92 Å². The third-order valence-corrected chi connectivity index (χ3v) is 1.91. The van der Waals surface area contributed by atoms with Gasteiger partial charge in [0, 0.05) is 6.61 Å². The first-order valence-corrected chi connectivity index (χ1v) is 5.61. The molecule has 0 spiro atoms. The summed E-state index contributed by atoms with van der Waals surface area (Å²) < 4.78 is 10.6. The zero-order chi connectivity index (χ0) is 12.0. The molecule has 7 heteroatoms. The standard InChI is InChI=1S/C9H13Cl2N3O2/c1-6(2)5-15-3-4-16-8-7(10)13-14-9(11)12-8/h6H,3-5H2,1-2H3. The quantitative estimate of drug-likeness (QED) is 0.739. The normalized spacial score (nSPS) is 10.8. The van der Waals surface area contributed by atoms with Crippen LogP contribution in [0.3, 0.4) is 0 Å². The van der Waals surface area contributed by atoms with E-state index in [9.17, 15) is 0 Å². The molecule has 0 N–H and O–H groups in total. The van der Waals surface area contributed by atoms with Crippen LogP contribution in [-0.2, 0) is 4.74 Å². The van der Waals surface area contributed by atoms with Crippen LogP contribution < -0.4 is 4.74 Å². The molecule has 0 radical (unpaired) electrons. The first kappa shape index (κ1) is 13.4. The fraction of sp³-hybridized carbons (Fsp3) is 0.667. The molecule has 90 valence electrons. The van der Waals surface area contributed by atoms with Gasteiger partial charge in [-0.15, -0.1) is 10.2 Å². The number of aromatic nitrogens is 3. The topological polar surface area (TPSA) is 57.1 Å². The average Bonchev–Trinajstić information content (AvgIpc) is 2.22. The molecule has 0 bridgehead atoms. The summed E-state index contributed by atoms with van der Waals surface area (Å²) in [5.74, 6) is 0.675. The highest BCUT2D eigenvalue weighted by Gasteiger charge is 2.06. The van der Waals surface area contributed by atoms with Crippen LogP contribution in [0.4, 0.5) is 0 Å². The van der Waals surface area contributed by atoms with E-state index in [-0.39, 0.29) is 16.3 Å². The highest BCUT2D eigenvalue weighted by atomic mass is 35.5. The summed E-state index contributed by atoms with van der Waals surface area (Å²) in [6.45, 7) is 5.66. The Balaban J connectivity index is 2.29. The number of hydrogen-bond acceptors (Lipinski definition) is 5. The van der Waals surface area contributed by atoms with Gasteiger partial charge in [0.1, 0.15) is 6.61 Å². The van der Waals surface area contributed by atoms with Crippen molar-refractivity contribution in [3.8, 4) is 5.88 Å². The Labute approximate surface area is 104 Å². The lowest BCUT2D eigenvalue weighted by molar-refractivity contribution is 0.0804. The van der Waals surface area contributed by atoms with Gasteiger partial charge in [0.25, 0.3) is 5.88 Å². The molecule has 1 heterocycles. The van der Waals surface area contributed by atoms with Crippen LogP contribution in [-0.4, -0.2) is 35.0 Å². The van der Waals surface area contributed by atoms with Crippen molar-refractivity contribution in [1.82, 2.24) is 15.2 Å². The summed E-state index contributed by atoms with van der Waals surface area (Å²) in [6, 6.07) is 0. The van der Waals surface area contributed by atoms with Crippen molar-refractivity contribution in [2.75, 3.05) is 19.8 Å². The van der Waals surface area contributed by atoms with Crippen molar-refractivity contribution in [1.29, 1.82) is 0 Å². The van der Waals surface area contributed by atoms with Gasteiger partial charge in [-0.05, 0) is 17.5 Å². The summed E-state index contributed by atoms with van der Waals surface area (Å²) in [7, 11) is 0. The largest absolute Gasteiger partial charge is 0.473 e. The van der Waals surface area contributed by atoms with Crippen LogP contribution >= 0.6 is 23.2 Å². The summed E-state index contributed by atoms with van der Waals surface area (Å²) in [6.07, 6.45) is 0. The molecule has 5 nitrogen and oxygen atoms in total. The second kappa shape index (κ2) is 6.83. The van der Waals surface area contributed by atoms with E-state index < -0.39 is 0 Å². The Morgan fingerprint density at radius 2 is 1.94 bits per heavy atom. The van der Waals surface area contributed by atoms with Crippen molar-refractivity contribution >= 4 is 23.2 Å². The first-order valence-electron chi connectivity index (χ1n) is 4.86. The molecule has 1 aromatic rings. The maximum Gasteiger partial charge on any atom is 0.257 e. The monoisotopic (exact) mass is 265 g/mol. The minimum absolute atomic E-state index is 0.00231. The number of halogens is 2. The van der Waals surface area contributed by atoms with Crippen molar-refractivity contribution < 1.29 is 9.47 Å². The second-order valence-corrected chi connectivity index (χ2v) is 4.19. The lowest BCUT2D eigenvalue weighted by atomic mass is 10.2. The number of rotatable bonds is 6. The van der Waals surface area contributed by atoms with Gasteiger partial charge in [0.05, 0.1) is 6.61 Å². The molecule has 0 aliphatic rings. The van der Waals surface area contributed by atoms with E-state index in [1.807, 2.05) is 0 Å². The first-order chi connectivity index (χ1) is 7.59. The lowest BCUT2D eigenvalue weighted by Crippen LogP contribution is -2.11. The van der Waals surface area contributed by atoms with Gasteiger partial charge in [0.2, 0.25) is 10.4 Å². The number of nitrogens with zero attached hydrogens (tertiary/aromatic N) is 3. The van der Waals surface area contributed by atoms with Crippen LogP contribution in [0.25, 0.3) is 0 Å².